The molecular formula is C11H16N4O2. The van der Waals surface area contributed by atoms with Gasteiger partial charge in [0.05, 0.1) is 17.5 Å². The SMILES string of the molecule is CNCCCNC(=O)c1ccc(C=NO)nc1. The van der Waals surface area contributed by atoms with Crippen molar-refractivity contribution >= 4 is 12.1 Å². The highest BCUT2D eigenvalue weighted by Gasteiger charge is 2.04. The zero-order valence-electron chi connectivity index (χ0n) is 9.68. The highest BCUT2D eigenvalue weighted by Crippen LogP contribution is 1.98. The molecule has 0 aliphatic carbocycles. The number of pyridine rings is 1. The lowest BCUT2D eigenvalue weighted by Crippen LogP contribution is -2.26. The van der Waals surface area contributed by atoms with E-state index in [4.69, 9.17) is 5.21 Å². The number of amides is 1. The van der Waals surface area contributed by atoms with E-state index in [1.165, 1.54) is 12.4 Å². The maximum atomic E-state index is 11.6. The van der Waals surface area contributed by atoms with Crippen molar-refractivity contribution in [1.82, 2.24) is 15.6 Å². The molecule has 92 valence electrons. The van der Waals surface area contributed by atoms with E-state index in [1.54, 1.807) is 12.1 Å². The summed E-state index contributed by atoms with van der Waals surface area (Å²) in [5.74, 6) is -0.152. The van der Waals surface area contributed by atoms with Gasteiger partial charge in [-0.25, -0.2) is 0 Å². The van der Waals surface area contributed by atoms with Crippen LogP contribution in [0.4, 0.5) is 0 Å². The van der Waals surface area contributed by atoms with E-state index in [0.717, 1.165) is 13.0 Å². The third kappa shape index (κ3) is 4.60. The first kappa shape index (κ1) is 13.1. The topological polar surface area (TPSA) is 86.6 Å². The van der Waals surface area contributed by atoms with Crippen LogP contribution < -0.4 is 10.6 Å². The molecule has 6 heteroatoms. The summed E-state index contributed by atoms with van der Waals surface area (Å²) in [4.78, 5) is 15.6. The number of nitrogens with zero attached hydrogens (tertiary/aromatic N) is 2. The molecule has 0 saturated carbocycles. The Kier molecular flexibility index (Phi) is 5.67. The lowest BCUT2D eigenvalue weighted by molar-refractivity contribution is 0.0953. The predicted molar refractivity (Wildman–Crippen MR) is 64.5 cm³/mol. The van der Waals surface area contributed by atoms with Crippen molar-refractivity contribution in [2.24, 2.45) is 5.16 Å². The normalized spacial score (nSPS) is 10.6. The summed E-state index contributed by atoms with van der Waals surface area (Å²) in [6, 6.07) is 3.25. The quantitative estimate of drug-likeness (QED) is 0.285. The summed E-state index contributed by atoms with van der Waals surface area (Å²) in [7, 11) is 1.87. The van der Waals surface area contributed by atoms with Gasteiger partial charge in [-0.1, -0.05) is 5.16 Å². The van der Waals surface area contributed by atoms with E-state index in [0.29, 0.717) is 17.8 Å². The van der Waals surface area contributed by atoms with Crippen LogP contribution in [0.3, 0.4) is 0 Å². The second kappa shape index (κ2) is 7.34. The fourth-order valence-electron chi connectivity index (χ4n) is 1.24. The number of carbonyl (C=O) groups excluding carboxylic acids is 1. The van der Waals surface area contributed by atoms with E-state index < -0.39 is 0 Å². The molecular weight excluding hydrogens is 220 g/mol. The van der Waals surface area contributed by atoms with Crippen molar-refractivity contribution in [1.29, 1.82) is 0 Å². The molecule has 0 atom stereocenters. The number of aromatic nitrogens is 1. The molecule has 1 aromatic rings. The van der Waals surface area contributed by atoms with Crippen molar-refractivity contribution < 1.29 is 10.0 Å². The van der Waals surface area contributed by atoms with Gasteiger partial charge in [-0.3, -0.25) is 9.78 Å². The number of nitrogens with one attached hydrogen (secondary N) is 2. The minimum atomic E-state index is -0.152. The Bertz CT molecular complexity index is 376. The van der Waals surface area contributed by atoms with Crippen LogP contribution >= 0.6 is 0 Å². The third-order valence-corrected chi connectivity index (χ3v) is 2.13. The lowest BCUT2D eigenvalue weighted by Gasteiger charge is -2.04. The smallest absolute Gasteiger partial charge is 0.252 e. The zero-order chi connectivity index (χ0) is 12.5. The van der Waals surface area contributed by atoms with Crippen molar-refractivity contribution in [2.75, 3.05) is 20.1 Å². The van der Waals surface area contributed by atoms with Gasteiger partial charge in [0.2, 0.25) is 0 Å². The van der Waals surface area contributed by atoms with E-state index >= 15 is 0 Å². The van der Waals surface area contributed by atoms with Crippen LogP contribution in [-0.4, -0.2) is 42.5 Å². The first-order valence-electron chi connectivity index (χ1n) is 5.34. The average molecular weight is 236 g/mol. The molecule has 0 aliphatic heterocycles. The molecule has 0 unspecified atom stereocenters. The number of hydrogen-bond donors (Lipinski definition) is 3. The number of carbonyl (C=O) groups is 1. The average Bonchev–Trinajstić information content (AvgIpc) is 2.36. The van der Waals surface area contributed by atoms with Crippen LogP contribution in [0.5, 0.6) is 0 Å². The van der Waals surface area contributed by atoms with Crippen LogP contribution in [0.25, 0.3) is 0 Å². The van der Waals surface area contributed by atoms with Gasteiger partial charge >= 0.3 is 0 Å². The van der Waals surface area contributed by atoms with Crippen molar-refractivity contribution in [3.63, 3.8) is 0 Å². The molecule has 0 radical (unpaired) electrons. The minimum absolute atomic E-state index is 0.152. The molecule has 0 fully saturated rings. The third-order valence-electron chi connectivity index (χ3n) is 2.13. The fourth-order valence-corrected chi connectivity index (χ4v) is 1.24. The van der Waals surface area contributed by atoms with E-state index in [9.17, 15) is 4.79 Å². The molecule has 3 N–H and O–H groups in total. The Hall–Kier alpha value is -1.95. The van der Waals surface area contributed by atoms with E-state index in [-0.39, 0.29) is 5.91 Å². The molecule has 0 saturated heterocycles. The first-order chi connectivity index (χ1) is 8.27. The Labute approximate surface area is 99.7 Å². The summed E-state index contributed by atoms with van der Waals surface area (Å²) in [5, 5.41) is 16.9. The van der Waals surface area contributed by atoms with Gasteiger partial charge in [-0.15, -0.1) is 0 Å². The highest BCUT2D eigenvalue weighted by atomic mass is 16.4. The lowest BCUT2D eigenvalue weighted by atomic mass is 10.2. The molecule has 1 heterocycles. The van der Waals surface area contributed by atoms with Gasteiger partial charge < -0.3 is 15.8 Å². The number of hydrogen-bond acceptors (Lipinski definition) is 5. The van der Waals surface area contributed by atoms with E-state index in [1.807, 2.05) is 7.05 Å². The van der Waals surface area contributed by atoms with Crippen molar-refractivity contribution in [3.05, 3.63) is 29.6 Å². The van der Waals surface area contributed by atoms with Crippen molar-refractivity contribution in [3.8, 4) is 0 Å². The molecule has 0 spiro atoms. The maximum absolute atomic E-state index is 11.6. The molecule has 17 heavy (non-hydrogen) atoms. The Morgan fingerprint density at radius 2 is 2.35 bits per heavy atom. The largest absolute Gasteiger partial charge is 0.411 e. The summed E-state index contributed by atoms with van der Waals surface area (Å²) in [6.07, 6.45) is 3.53. The van der Waals surface area contributed by atoms with Crippen LogP contribution in [-0.2, 0) is 0 Å². The molecule has 1 rings (SSSR count). The summed E-state index contributed by atoms with van der Waals surface area (Å²) in [6.45, 7) is 1.49. The van der Waals surface area contributed by atoms with E-state index in [2.05, 4.69) is 20.8 Å². The van der Waals surface area contributed by atoms with Gasteiger partial charge in [0.25, 0.3) is 5.91 Å². The maximum Gasteiger partial charge on any atom is 0.252 e. The Morgan fingerprint density at radius 3 is 2.94 bits per heavy atom. The molecule has 0 aromatic carbocycles. The summed E-state index contributed by atoms with van der Waals surface area (Å²) < 4.78 is 0. The predicted octanol–water partition coefficient (Wildman–Crippen LogP) is 0.229. The van der Waals surface area contributed by atoms with Crippen molar-refractivity contribution in [2.45, 2.75) is 6.42 Å². The zero-order valence-corrected chi connectivity index (χ0v) is 9.68. The molecule has 1 amide bonds. The first-order valence-corrected chi connectivity index (χ1v) is 5.34. The second-order valence-electron chi connectivity index (χ2n) is 3.43. The fraction of sp³-hybridized carbons (Fsp3) is 0.364. The monoisotopic (exact) mass is 236 g/mol. The summed E-state index contributed by atoms with van der Waals surface area (Å²) in [5.41, 5.74) is 0.990. The highest BCUT2D eigenvalue weighted by molar-refractivity contribution is 5.94. The van der Waals surface area contributed by atoms with Crippen LogP contribution in [0.15, 0.2) is 23.5 Å². The number of oxime groups is 1. The second-order valence-corrected chi connectivity index (χ2v) is 3.43. The number of rotatable bonds is 6. The minimum Gasteiger partial charge on any atom is -0.411 e. The van der Waals surface area contributed by atoms with Crippen LogP contribution in [0.1, 0.15) is 22.5 Å². The van der Waals surface area contributed by atoms with Gasteiger partial charge in [-0.2, -0.15) is 0 Å². The molecule has 0 bridgehead atoms. The molecule has 0 aliphatic rings. The van der Waals surface area contributed by atoms with Gasteiger partial charge in [0.1, 0.15) is 0 Å². The van der Waals surface area contributed by atoms with Gasteiger partial charge in [0, 0.05) is 12.7 Å². The molecule has 1 aromatic heterocycles. The van der Waals surface area contributed by atoms with Gasteiger partial charge in [0.15, 0.2) is 0 Å². The Balaban J connectivity index is 2.46. The molecule has 6 nitrogen and oxygen atoms in total. The Morgan fingerprint density at radius 1 is 1.53 bits per heavy atom. The van der Waals surface area contributed by atoms with Crippen LogP contribution in [0.2, 0.25) is 0 Å². The van der Waals surface area contributed by atoms with Gasteiger partial charge in [-0.05, 0) is 32.1 Å². The summed E-state index contributed by atoms with van der Waals surface area (Å²) >= 11 is 0. The standard InChI is InChI=1S/C11H16N4O2/c1-12-5-2-6-13-11(16)9-3-4-10(8-15-17)14-7-9/h3-4,7-8,12,17H,2,5-6H2,1H3,(H,13,16). The van der Waals surface area contributed by atoms with Crippen LogP contribution in [0, 0.1) is 0 Å².